The van der Waals surface area contributed by atoms with Crippen LogP contribution < -0.4 is 19.7 Å². The van der Waals surface area contributed by atoms with E-state index < -0.39 is 6.36 Å². The number of likely N-dealkylation sites (tertiary alicyclic amines) is 1. The molecule has 2 saturated heterocycles. The molecule has 1 N–H and O–H groups in total. The fourth-order valence-electron chi connectivity index (χ4n) is 5.93. The van der Waals surface area contributed by atoms with Crippen LogP contribution in [0.2, 0.25) is 0 Å². The first-order chi connectivity index (χ1) is 18.6. The molecule has 1 unspecified atom stereocenters. The summed E-state index contributed by atoms with van der Waals surface area (Å²) in [5.74, 6) is -0.0242. The Morgan fingerprint density at radius 1 is 1.10 bits per heavy atom. The Labute approximate surface area is 227 Å². The molecule has 2 aromatic rings. The van der Waals surface area contributed by atoms with Crippen molar-refractivity contribution in [2.45, 2.75) is 51.1 Å². The molecule has 2 atom stereocenters. The Morgan fingerprint density at radius 3 is 2.56 bits per heavy atom. The standard InChI is InChI=1S/C29H36F3N3O4/c1-18-17-35(8-9-38-18)26-14-20-13-21(28(36)25(20)16-27(26)37-3)10-19-11-23(15-24(12-19)39-29(30,31)32)33-22-4-6-34(2)7-5-22/h11-12,14-16,18,21-22,33H,4-10,13,17H2,1-3H3/t18-,21?/m0/s1. The number of benzene rings is 2. The molecule has 10 heteroatoms. The van der Waals surface area contributed by atoms with Gasteiger partial charge in [0.2, 0.25) is 0 Å². The summed E-state index contributed by atoms with van der Waals surface area (Å²) in [5.41, 5.74) is 3.70. The van der Waals surface area contributed by atoms with Crippen LogP contribution in [0, 0.1) is 5.92 Å². The number of alkyl halides is 3. The second-order valence-corrected chi connectivity index (χ2v) is 10.9. The normalized spacial score (nSPS) is 22.6. The summed E-state index contributed by atoms with van der Waals surface area (Å²) in [6.45, 7) is 5.95. The molecular formula is C29H36F3N3O4. The average Bonchev–Trinajstić information content (AvgIpc) is 3.17. The minimum Gasteiger partial charge on any atom is -0.495 e. The number of halogens is 3. The Bertz CT molecular complexity index is 1200. The summed E-state index contributed by atoms with van der Waals surface area (Å²) >= 11 is 0. The van der Waals surface area contributed by atoms with Crippen molar-refractivity contribution < 1.29 is 32.2 Å². The van der Waals surface area contributed by atoms with Crippen LogP contribution in [-0.2, 0) is 17.6 Å². The van der Waals surface area contributed by atoms with Crippen molar-refractivity contribution in [3.8, 4) is 11.5 Å². The summed E-state index contributed by atoms with van der Waals surface area (Å²) in [6.07, 6.45) is -2.07. The van der Waals surface area contributed by atoms with Crippen LogP contribution in [0.15, 0.2) is 30.3 Å². The lowest BCUT2D eigenvalue weighted by atomic mass is 9.95. The maximum atomic E-state index is 13.4. The number of hydrogen-bond donors (Lipinski definition) is 1. The van der Waals surface area contributed by atoms with Gasteiger partial charge in [-0.25, -0.2) is 0 Å². The van der Waals surface area contributed by atoms with Gasteiger partial charge >= 0.3 is 6.36 Å². The first-order valence-corrected chi connectivity index (χ1v) is 13.5. The van der Waals surface area contributed by atoms with Gasteiger partial charge in [0, 0.05) is 42.4 Å². The second kappa shape index (κ2) is 11.3. The summed E-state index contributed by atoms with van der Waals surface area (Å²) in [7, 11) is 3.65. The molecule has 2 aromatic carbocycles. The predicted octanol–water partition coefficient (Wildman–Crippen LogP) is 4.92. The van der Waals surface area contributed by atoms with Crippen molar-refractivity contribution >= 4 is 17.2 Å². The minimum absolute atomic E-state index is 0.0165. The first kappa shape index (κ1) is 27.6. The fourth-order valence-corrected chi connectivity index (χ4v) is 5.93. The lowest BCUT2D eigenvalue weighted by molar-refractivity contribution is -0.274. The smallest absolute Gasteiger partial charge is 0.495 e. The zero-order valence-electron chi connectivity index (χ0n) is 22.6. The number of hydrogen-bond acceptors (Lipinski definition) is 7. The highest BCUT2D eigenvalue weighted by Gasteiger charge is 2.35. The Balaban J connectivity index is 1.37. The molecule has 3 aliphatic rings. The molecule has 0 spiro atoms. The molecule has 2 aliphatic heterocycles. The number of nitrogens with one attached hydrogen (secondary N) is 1. The molecular weight excluding hydrogens is 511 g/mol. The van der Waals surface area contributed by atoms with Gasteiger partial charge in [0.1, 0.15) is 11.5 Å². The van der Waals surface area contributed by atoms with Crippen molar-refractivity contribution in [2.75, 3.05) is 57.2 Å². The van der Waals surface area contributed by atoms with E-state index >= 15 is 0 Å². The fraction of sp³-hybridized carbons (Fsp3) is 0.552. The van der Waals surface area contributed by atoms with Crippen LogP contribution in [0.1, 0.15) is 41.3 Å². The third-order valence-corrected chi connectivity index (χ3v) is 7.86. The summed E-state index contributed by atoms with van der Waals surface area (Å²) in [5, 5.41) is 3.39. The first-order valence-electron chi connectivity index (χ1n) is 13.5. The van der Waals surface area contributed by atoms with Crippen molar-refractivity contribution in [3.63, 3.8) is 0 Å². The molecule has 0 radical (unpaired) electrons. The van der Waals surface area contributed by atoms with Crippen molar-refractivity contribution in [2.24, 2.45) is 5.92 Å². The van der Waals surface area contributed by atoms with Crippen LogP contribution in [0.5, 0.6) is 11.5 Å². The van der Waals surface area contributed by atoms with E-state index in [0.717, 1.165) is 50.3 Å². The van der Waals surface area contributed by atoms with Gasteiger partial charge in [-0.3, -0.25) is 4.79 Å². The van der Waals surface area contributed by atoms with Gasteiger partial charge in [-0.1, -0.05) is 0 Å². The lowest BCUT2D eigenvalue weighted by Crippen LogP contribution is -2.41. The number of ether oxygens (including phenoxy) is 3. The Hall–Kier alpha value is -2.98. The van der Waals surface area contributed by atoms with Gasteiger partial charge in [0.05, 0.1) is 25.5 Å². The number of piperidine rings is 1. The van der Waals surface area contributed by atoms with E-state index in [1.165, 1.54) is 12.1 Å². The van der Waals surface area contributed by atoms with E-state index in [1.807, 2.05) is 25.1 Å². The van der Waals surface area contributed by atoms with Crippen LogP contribution in [0.4, 0.5) is 24.5 Å². The summed E-state index contributed by atoms with van der Waals surface area (Å²) in [6, 6.07) is 8.63. The van der Waals surface area contributed by atoms with Crippen molar-refractivity contribution in [1.29, 1.82) is 0 Å². The average molecular weight is 548 g/mol. The van der Waals surface area contributed by atoms with E-state index in [9.17, 15) is 18.0 Å². The highest BCUT2D eigenvalue weighted by atomic mass is 19.4. The predicted molar refractivity (Wildman–Crippen MR) is 143 cm³/mol. The van der Waals surface area contributed by atoms with E-state index in [0.29, 0.717) is 42.0 Å². The quantitative estimate of drug-likeness (QED) is 0.528. The monoisotopic (exact) mass is 547 g/mol. The van der Waals surface area contributed by atoms with Crippen LogP contribution in [0.3, 0.4) is 0 Å². The molecule has 2 fully saturated rings. The number of carbonyl (C=O) groups is 1. The molecule has 2 heterocycles. The van der Waals surface area contributed by atoms with Gasteiger partial charge in [0.25, 0.3) is 0 Å². The third kappa shape index (κ3) is 6.61. The van der Waals surface area contributed by atoms with Crippen LogP contribution >= 0.6 is 0 Å². The maximum Gasteiger partial charge on any atom is 0.573 e. The Morgan fingerprint density at radius 2 is 1.87 bits per heavy atom. The topological polar surface area (TPSA) is 63.3 Å². The van der Waals surface area contributed by atoms with E-state index in [1.54, 1.807) is 7.11 Å². The molecule has 212 valence electrons. The Kier molecular flexibility index (Phi) is 7.96. The van der Waals surface area contributed by atoms with Gasteiger partial charge < -0.3 is 29.3 Å². The number of carbonyl (C=O) groups excluding carboxylic acids is 1. The van der Waals surface area contributed by atoms with Gasteiger partial charge in [0.15, 0.2) is 5.78 Å². The molecule has 0 saturated carbocycles. The van der Waals surface area contributed by atoms with Gasteiger partial charge in [-0.05, 0) is 88.1 Å². The molecule has 1 aliphatic carbocycles. The SMILES string of the molecule is COc1cc2c(cc1N1CCO[C@@H](C)C1)CC(Cc1cc(NC3CCN(C)CC3)cc(OC(F)(F)F)c1)C2=O. The van der Waals surface area contributed by atoms with Gasteiger partial charge in [-0.2, -0.15) is 0 Å². The van der Waals surface area contributed by atoms with Crippen molar-refractivity contribution in [1.82, 2.24) is 4.90 Å². The molecule has 5 rings (SSSR count). The van der Waals surface area contributed by atoms with E-state index in [2.05, 4.69) is 26.9 Å². The number of nitrogens with zero attached hydrogens (tertiary/aromatic N) is 2. The summed E-state index contributed by atoms with van der Waals surface area (Å²) in [4.78, 5) is 17.9. The third-order valence-electron chi connectivity index (χ3n) is 7.86. The highest BCUT2D eigenvalue weighted by Crippen LogP contribution is 2.39. The van der Waals surface area contributed by atoms with E-state index in [4.69, 9.17) is 9.47 Å². The number of anilines is 2. The van der Waals surface area contributed by atoms with E-state index in [-0.39, 0.29) is 29.6 Å². The van der Waals surface area contributed by atoms with Crippen molar-refractivity contribution in [3.05, 3.63) is 47.0 Å². The summed E-state index contributed by atoms with van der Waals surface area (Å²) < 4.78 is 55.0. The maximum absolute atomic E-state index is 13.4. The number of fused-ring (bicyclic) bond motifs is 1. The zero-order valence-corrected chi connectivity index (χ0v) is 22.6. The highest BCUT2D eigenvalue weighted by molar-refractivity contribution is 6.03. The lowest BCUT2D eigenvalue weighted by Gasteiger charge is -2.34. The number of rotatable bonds is 7. The molecule has 39 heavy (non-hydrogen) atoms. The molecule has 0 aromatic heterocycles. The number of ketones is 1. The van der Waals surface area contributed by atoms with Gasteiger partial charge in [-0.15, -0.1) is 13.2 Å². The zero-order chi connectivity index (χ0) is 27.7. The largest absolute Gasteiger partial charge is 0.573 e. The molecule has 0 amide bonds. The van der Waals surface area contributed by atoms with Crippen LogP contribution in [0.25, 0.3) is 0 Å². The van der Waals surface area contributed by atoms with Crippen LogP contribution in [-0.4, -0.2) is 76.1 Å². The second-order valence-electron chi connectivity index (χ2n) is 10.9. The number of Topliss-reactive ketones (excluding diaryl/α,β-unsaturated/α-hetero) is 1. The minimum atomic E-state index is -4.80. The molecule has 0 bridgehead atoms. The number of methoxy groups -OCH3 is 1. The number of morpholine rings is 1. The molecule has 7 nitrogen and oxygen atoms in total.